The van der Waals surface area contributed by atoms with Gasteiger partial charge >= 0.3 is 0 Å². The quantitative estimate of drug-likeness (QED) is 0.786. The number of methoxy groups -OCH3 is 1. The molecule has 0 heterocycles. The topological polar surface area (TPSA) is 116 Å². The Bertz CT molecular complexity index is 621. The lowest BCUT2D eigenvalue weighted by Crippen LogP contribution is -2.14. The maximum atomic E-state index is 11.1. The van der Waals surface area contributed by atoms with Gasteiger partial charge in [0, 0.05) is 0 Å². The number of rotatable bonds is 4. The molecule has 0 aliphatic heterocycles. The van der Waals surface area contributed by atoms with Crippen molar-refractivity contribution in [3.8, 4) is 5.75 Å². The Labute approximate surface area is 99.7 Å². The van der Waals surface area contributed by atoms with Crippen molar-refractivity contribution in [2.24, 2.45) is 5.14 Å². The lowest BCUT2D eigenvalue weighted by molar-refractivity contribution is 0.416. The number of hydrogen-bond donors (Lipinski definition) is 2. The molecule has 7 nitrogen and oxygen atoms in total. The molecule has 9 heteroatoms. The number of nitrogens with one attached hydrogen (secondary N) is 1. The summed E-state index contributed by atoms with van der Waals surface area (Å²) < 4.78 is 51.4. The van der Waals surface area contributed by atoms with Crippen LogP contribution in [-0.4, -0.2) is 30.2 Å². The van der Waals surface area contributed by atoms with Gasteiger partial charge in [0.05, 0.1) is 23.9 Å². The zero-order chi connectivity index (χ0) is 13.3. The van der Waals surface area contributed by atoms with Crippen molar-refractivity contribution in [1.29, 1.82) is 0 Å². The number of nitrogens with two attached hydrogens (primary N) is 1. The average molecular weight is 280 g/mol. The van der Waals surface area contributed by atoms with Gasteiger partial charge in [-0.15, -0.1) is 0 Å². The van der Waals surface area contributed by atoms with E-state index >= 15 is 0 Å². The molecule has 0 fully saturated rings. The zero-order valence-corrected chi connectivity index (χ0v) is 10.8. The van der Waals surface area contributed by atoms with Gasteiger partial charge in [-0.25, -0.2) is 22.0 Å². The third-order valence-corrected chi connectivity index (χ3v) is 3.30. The summed E-state index contributed by atoms with van der Waals surface area (Å²) >= 11 is 0. The fraction of sp³-hybridized carbons (Fsp3) is 0.250. The van der Waals surface area contributed by atoms with Crippen LogP contribution in [0.25, 0.3) is 0 Å². The monoisotopic (exact) mass is 280 g/mol. The first-order chi connectivity index (χ1) is 7.63. The Morgan fingerprint density at radius 3 is 2.24 bits per heavy atom. The summed E-state index contributed by atoms with van der Waals surface area (Å²) in [4.78, 5) is -0.204. The maximum Gasteiger partial charge on any atom is 0.238 e. The second-order valence-electron chi connectivity index (χ2n) is 3.28. The normalized spacial score (nSPS) is 12.2. The molecule has 1 aromatic carbocycles. The van der Waals surface area contributed by atoms with E-state index in [1.54, 1.807) is 0 Å². The lowest BCUT2D eigenvalue weighted by Gasteiger charge is -2.10. The standard InChI is InChI=1S/C8H12N2O5S2/c1-15-8-4-3-6(17(9,13)14)5-7(8)10-16(2,11)12/h3-5,10H,1-2H3,(H2,9,13,14). The highest BCUT2D eigenvalue weighted by atomic mass is 32.2. The molecule has 0 saturated carbocycles. The summed E-state index contributed by atoms with van der Waals surface area (Å²) in [7, 11) is -6.10. The Balaban J connectivity index is 3.35. The van der Waals surface area contributed by atoms with Crippen molar-refractivity contribution >= 4 is 25.7 Å². The fourth-order valence-corrected chi connectivity index (χ4v) is 2.24. The predicted octanol–water partition coefficient (Wildman–Crippen LogP) is -0.286. The van der Waals surface area contributed by atoms with Crippen molar-refractivity contribution < 1.29 is 21.6 Å². The zero-order valence-electron chi connectivity index (χ0n) is 9.17. The van der Waals surface area contributed by atoms with Crippen LogP contribution in [-0.2, 0) is 20.0 Å². The number of sulfonamides is 2. The van der Waals surface area contributed by atoms with E-state index in [1.165, 1.54) is 19.2 Å². The Kier molecular flexibility index (Phi) is 3.65. The van der Waals surface area contributed by atoms with Crippen LogP contribution in [0.1, 0.15) is 0 Å². The van der Waals surface area contributed by atoms with Crippen molar-refractivity contribution in [3.05, 3.63) is 18.2 Å². The van der Waals surface area contributed by atoms with Crippen molar-refractivity contribution in [2.75, 3.05) is 18.1 Å². The minimum Gasteiger partial charge on any atom is -0.495 e. The van der Waals surface area contributed by atoms with Gasteiger partial charge in [0.1, 0.15) is 5.75 Å². The summed E-state index contributed by atoms with van der Waals surface area (Å²) in [6, 6.07) is 3.63. The molecular weight excluding hydrogens is 268 g/mol. The lowest BCUT2D eigenvalue weighted by atomic mass is 10.3. The summed E-state index contributed by atoms with van der Waals surface area (Å²) in [6.07, 6.45) is 0.941. The molecule has 1 aromatic rings. The van der Waals surface area contributed by atoms with E-state index in [0.29, 0.717) is 0 Å². The molecule has 0 radical (unpaired) electrons. The van der Waals surface area contributed by atoms with Gasteiger partial charge in [0.25, 0.3) is 0 Å². The molecular formula is C8H12N2O5S2. The van der Waals surface area contributed by atoms with Crippen LogP contribution < -0.4 is 14.6 Å². The molecule has 0 amide bonds. The van der Waals surface area contributed by atoms with Gasteiger partial charge in [-0.3, -0.25) is 4.72 Å². The third-order valence-electron chi connectivity index (χ3n) is 1.79. The molecule has 0 atom stereocenters. The van der Waals surface area contributed by atoms with Crippen LogP contribution in [0.5, 0.6) is 5.75 Å². The van der Waals surface area contributed by atoms with Gasteiger partial charge in [-0.1, -0.05) is 0 Å². The SMILES string of the molecule is COc1ccc(S(N)(=O)=O)cc1NS(C)(=O)=O. The van der Waals surface area contributed by atoms with E-state index in [4.69, 9.17) is 9.88 Å². The third kappa shape index (κ3) is 3.88. The number of hydrogen-bond acceptors (Lipinski definition) is 5. The van der Waals surface area contributed by atoms with Crippen LogP contribution in [0.4, 0.5) is 5.69 Å². The highest BCUT2D eigenvalue weighted by Crippen LogP contribution is 2.27. The van der Waals surface area contributed by atoms with Crippen molar-refractivity contribution in [2.45, 2.75) is 4.90 Å². The first-order valence-corrected chi connectivity index (χ1v) is 7.76. The largest absolute Gasteiger partial charge is 0.495 e. The molecule has 3 N–H and O–H groups in total. The molecule has 0 saturated heterocycles. The Hall–Kier alpha value is -1.32. The molecule has 96 valence electrons. The van der Waals surface area contributed by atoms with Crippen molar-refractivity contribution in [3.63, 3.8) is 0 Å². The van der Waals surface area contributed by atoms with Crippen LogP contribution in [0, 0.1) is 0 Å². The summed E-state index contributed by atoms with van der Waals surface area (Å²) in [5, 5.41) is 4.94. The molecule has 1 rings (SSSR count). The molecule has 17 heavy (non-hydrogen) atoms. The van der Waals surface area contributed by atoms with E-state index in [0.717, 1.165) is 12.3 Å². The van der Waals surface area contributed by atoms with E-state index in [1.807, 2.05) is 0 Å². The van der Waals surface area contributed by atoms with E-state index in [9.17, 15) is 16.8 Å². The van der Waals surface area contributed by atoms with E-state index in [2.05, 4.69) is 4.72 Å². The smallest absolute Gasteiger partial charge is 0.238 e. The summed E-state index contributed by atoms with van der Waals surface area (Å²) in [5.74, 6) is 0.197. The number of benzene rings is 1. The van der Waals surface area contributed by atoms with Crippen LogP contribution in [0.3, 0.4) is 0 Å². The molecule has 0 spiro atoms. The predicted molar refractivity (Wildman–Crippen MR) is 62.8 cm³/mol. The van der Waals surface area contributed by atoms with Crippen LogP contribution >= 0.6 is 0 Å². The van der Waals surface area contributed by atoms with Gasteiger partial charge in [0.2, 0.25) is 20.0 Å². The number of ether oxygens (including phenoxy) is 1. The molecule has 0 aliphatic rings. The van der Waals surface area contributed by atoms with Gasteiger partial charge in [-0.05, 0) is 18.2 Å². The van der Waals surface area contributed by atoms with E-state index in [-0.39, 0.29) is 16.3 Å². The number of anilines is 1. The molecule has 0 aromatic heterocycles. The average Bonchev–Trinajstić information content (AvgIpc) is 2.13. The first kappa shape index (κ1) is 13.7. The summed E-state index contributed by atoms with van der Waals surface area (Å²) in [5.41, 5.74) is 0.0153. The highest BCUT2D eigenvalue weighted by molar-refractivity contribution is 7.92. The Morgan fingerprint density at radius 1 is 1.24 bits per heavy atom. The second-order valence-corrected chi connectivity index (χ2v) is 6.59. The van der Waals surface area contributed by atoms with Gasteiger partial charge < -0.3 is 4.74 Å². The molecule has 0 unspecified atom stereocenters. The van der Waals surface area contributed by atoms with E-state index < -0.39 is 20.0 Å². The first-order valence-electron chi connectivity index (χ1n) is 4.32. The maximum absolute atomic E-state index is 11.1. The highest BCUT2D eigenvalue weighted by Gasteiger charge is 2.14. The van der Waals surface area contributed by atoms with Crippen molar-refractivity contribution in [1.82, 2.24) is 0 Å². The molecule has 0 bridgehead atoms. The van der Waals surface area contributed by atoms with Gasteiger partial charge in [0.15, 0.2) is 0 Å². The molecule has 0 aliphatic carbocycles. The summed E-state index contributed by atoms with van der Waals surface area (Å²) in [6.45, 7) is 0. The Morgan fingerprint density at radius 2 is 1.82 bits per heavy atom. The minimum absolute atomic E-state index is 0.0153. The second kappa shape index (κ2) is 4.51. The van der Waals surface area contributed by atoms with Crippen LogP contribution in [0.15, 0.2) is 23.1 Å². The fourth-order valence-electron chi connectivity index (χ4n) is 1.14. The van der Waals surface area contributed by atoms with Crippen LogP contribution in [0.2, 0.25) is 0 Å². The minimum atomic E-state index is -3.90. The number of primary sulfonamides is 1. The van der Waals surface area contributed by atoms with Gasteiger partial charge in [-0.2, -0.15) is 0 Å².